The molecule has 4 nitrogen and oxygen atoms in total. The fourth-order valence-electron chi connectivity index (χ4n) is 4.08. The smallest absolute Gasteiger partial charge is 0.243 e. The van der Waals surface area contributed by atoms with Crippen molar-refractivity contribution >= 4 is 23.2 Å². The molecule has 29 heavy (non-hydrogen) atoms. The van der Waals surface area contributed by atoms with E-state index < -0.39 is 0 Å². The van der Waals surface area contributed by atoms with Crippen molar-refractivity contribution in [2.75, 3.05) is 13.1 Å². The van der Waals surface area contributed by atoms with Crippen LogP contribution in [-0.2, 0) is 16.0 Å². The third-order valence-electron chi connectivity index (χ3n) is 5.76. The molecule has 0 radical (unpaired) electrons. The zero-order valence-corrected chi connectivity index (χ0v) is 18.8. The van der Waals surface area contributed by atoms with Crippen molar-refractivity contribution in [3.63, 3.8) is 0 Å². The van der Waals surface area contributed by atoms with Gasteiger partial charge >= 0.3 is 0 Å². The number of rotatable bonds is 7. The van der Waals surface area contributed by atoms with Gasteiger partial charge in [0.1, 0.15) is 6.54 Å². The first-order valence-electron chi connectivity index (χ1n) is 10.6. The zero-order chi connectivity index (χ0) is 21.0. The number of carbonyl (C=O) groups is 2. The van der Waals surface area contributed by atoms with Crippen LogP contribution < -0.4 is 0 Å². The molecule has 5 heteroatoms. The van der Waals surface area contributed by atoms with Crippen molar-refractivity contribution in [3.05, 3.63) is 57.3 Å². The minimum atomic E-state index is -0.0709. The lowest BCUT2D eigenvalue weighted by atomic mass is 9.90. The van der Waals surface area contributed by atoms with Gasteiger partial charge in [0, 0.05) is 23.9 Å². The highest BCUT2D eigenvalue weighted by atomic mass is 32.1. The molecule has 1 aliphatic rings. The molecule has 0 bridgehead atoms. The highest BCUT2D eigenvalue weighted by molar-refractivity contribution is 7.10. The maximum atomic E-state index is 13.5. The summed E-state index contributed by atoms with van der Waals surface area (Å²) in [6, 6.07) is 10.4. The number of fused-ring (bicyclic) bond motifs is 1. The van der Waals surface area contributed by atoms with Crippen LogP contribution in [0.2, 0.25) is 0 Å². The van der Waals surface area contributed by atoms with Crippen molar-refractivity contribution in [3.8, 4) is 0 Å². The lowest BCUT2D eigenvalue weighted by Crippen LogP contribution is -2.48. The fourth-order valence-corrected chi connectivity index (χ4v) is 4.98. The summed E-state index contributed by atoms with van der Waals surface area (Å²) in [5.74, 6) is 0.115. The monoisotopic (exact) mass is 412 g/mol. The van der Waals surface area contributed by atoms with Gasteiger partial charge in [-0.1, -0.05) is 37.6 Å². The third-order valence-corrected chi connectivity index (χ3v) is 6.76. The van der Waals surface area contributed by atoms with Crippen LogP contribution in [0.25, 0.3) is 0 Å². The van der Waals surface area contributed by atoms with E-state index in [4.69, 9.17) is 0 Å². The Labute approximate surface area is 178 Å². The quantitative estimate of drug-likeness (QED) is 0.645. The Kier molecular flexibility index (Phi) is 7.12. The van der Waals surface area contributed by atoms with Gasteiger partial charge in [0.15, 0.2) is 0 Å². The van der Waals surface area contributed by atoms with Crippen LogP contribution in [0.15, 0.2) is 35.7 Å². The van der Waals surface area contributed by atoms with E-state index >= 15 is 0 Å². The maximum absolute atomic E-state index is 13.5. The van der Waals surface area contributed by atoms with Crippen LogP contribution in [0.3, 0.4) is 0 Å². The Morgan fingerprint density at radius 2 is 1.97 bits per heavy atom. The summed E-state index contributed by atoms with van der Waals surface area (Å²) in [6.45, 7) is 9.01. The van der Waals surface area contributed by atoms with E-state index in [0.717, 1.165) is 19.3 Å². The van der Waals surface area contributed by atoms with E-state index in [1.165, 1.54) is 21.6 Å². The van der Waals surface area contributed by atoms with E-state index in [1.807, 2.05) is 30.9 Å². The topological polar surface area (TPSA) is 40.6 Å². The van der Waals surface area contributed by atoms with Crippen molar-refractivity contribution in [1.82, 2.24) is 9.80 Å². The largest absolute Gasteiger partial charge is 0.331 e. The van der Waals surface area contributed by atoms with E-state index in [-0.39, 0.29) is 30.4 Å². The first-order chi connectivity index (χ1) is 13.9. The van der Waals surface area contributed by atoms with Crippen molar-refractivity contribution in [2.24, 2.45) is 0 Å². The summed E-state index contributed by atoms with van der Waals surface area (Å²) in [7, 11) is 0. The number of hydrogen-bond acceptors (Lipinski definition) is 3. The second kappa shape index (κ2) is 9.57. The van der Waals surface area contributed by atoms with Gasteiger partial charge in [0.25, 0.3) is 0 Å². The number of hydrogen-bond donors (Lipinski definition) is 0. The summed E-state index contributed by atoms with van der Waals surface area (Å²) < 4.78 is 0. The Hall–Kier alpha value is -2.14. The number of aryl methyl sites for hydroxylation is 1. The number of thiophene rings is 1. The van der Waals surface area contributed by atoms with E-state index in [9.17, 15) is 9.59 Å². The highest BCUT2D eigenvalue weighted by Gasteiger charge is 2.34. The molecule has 0 saturated heterocycles. The molecule has 2 aromatic rings. The predicted molar refractivity (Wildman–Crippen MR) is 119 cm³/mol. The first-order valence-corrected chi connectivity index (χ1v) is 11.5. The number of amides is 2. The molecule has 0 N–H and O–H groups in total. The van der Waals surface area contributed by atoms with Crippen LogP contribution in [0.1, 0.15) is 67.6 Å². The second-order valence-electron chi connectivity index (χ2n) is 8.11. The fraction of sp³-hybridized carbons (Fsp3) is 0.500. The Balaban J connectivity index is 1.88. The molecule has 2 heterocycles. The average molecular weight is 413 g/mol. The van der Waals surface area contributed by atoms with Gasteiger partial charge in [-0.25, -0.2) is 0 Å². The number of nitrogens with zero attached hydrogens (tertiary/aromatic N) is 2. The van der Waals surface area contributed by atoms with Crippen LogP contribution in [0.5, 0.6) is 0 Å². The van der Waals surface area contributed by atoms with Crippen molar-refractivity contribution in [1.29, 1.82) is 0 Å². The average Bonchev–Trinajstić information content (AvgIpc) is 3.18. The predicted octanol–water partition coefficient (Wildman–Crippen LogP) is 4.96. The molecule has 3 rings (SSSR count). The SMILES string of the molecule is CCCCC(=O)N(CC(=O)N1CCc2sccc2C1c1ccccc1C)C(C)C. The van der Waals surface area contributed by atoms with Crippen molar-refractivity contribution in [2.45, 2.75) is 65.5 Å². The summed E-state index contributed by atoms with van der Waals surface area (Å²) in [5, 5.41) is 2.12. The first kappa shape index (κ1) is 21.6. The maximum Gasteiger partial charge on any atom is 0.243 e. The van der Waals surface area contributed by atoms with Crippen LogP contribution in [-0.4, -0.2) is 40.7 Å². The van der Waals surface area contributed by atoms with Gasteiger partial charge in [-0.05, 0) is 61.7 Å². The van der Waals surface area contributed by atoms with Gasteiger partial charge in [-0.3, -0.25) is 9.59 Å². The van der Waals surface area contributed by atoms with Crippen LogP contribution in [0, 0.1) is 6.92 Å². The lowest BCUT2D eigenvalue weighted by molar-refractivity contribution is -0.143. The standard InChI is InChI=1S/C24H32N2O2S/c1-5-6-11-22(27)26(17(2)3)16-23(28)25-14-12-21-20(13-15-29-21)24(25)19-10-8-7-9-18(19)4/h7-10,13,15,17,24H,5-6,11-12,14,16H2,1-4H3. The summed E-state index contributed by atoms with van der Waals surface area (Å²) >= 11 is 1.77. The molecule has 1 aromatic heterocycles. The van der Waals surface area contributed by atoms with E-state index in [0.29, 0.717) is 13.0 Å². The van der Waals surface area contributed by atoms with Gasteiger partial charge in [0.05, 0.1) is 6.04 Å². The lowest BCUT2D eigenvalue weighted by Gasteiger charge is -2.38. The second-order valence-corrected chi connectivity index (χ2v) is 9.11. The molecule has 2 amide bonds. The number of benzene rings is 1. The number of carbonyl (C=O) groups excluding carboxylic acids is 2. The van der Waals surface area contributed by atoms with Crippen LogP contribution in [0.4, 0.5) is 0 Å². The molecule has 0 fully saturated rings. The summed E-state index contributed by atoms with van der Waals surface area (Å²) in [6.07, 6.45) is 3.24. The van der Waals surface area contributed by atoms with Crippen LogP contribution >= 0.6 is 11.3 Å². The molecule has 1 atom stereocenters. The highest BCUT2D eigenvalue weighted by Crippen LogP contribution is 2.39. The Morgan fingerprint density at radius 1 is 1.21 bits per heavy atom. The summed E-state index contributed by atoms with van der Waals surface area (Å²) in [5.41, 5.74) is 3.60. The zero-order valence-electron chi connectivity index (χ0n) is 18.0. The van der Waals surface area contributed by atoms with Gasteiger partial charge in [-0.15, -0.1) is 11.3 Å². The van der Waals surface area contributed by atoms with E-state index in [1.54, 1.807) is 16.2 Å². The normalized spacial score (nSPS) is 16.0. The van der Waals surface area contributed by atoms with Gasteiger partial charge in [-0.2, -0.15) is 0 Å². The van der Waals surface area contributed by atoms with Crippen molar-refractivity contribution < 1.29 is 9.59 Å². The molecule has 1 aliphatic heterocycles. The Morgan fingerprint density at radius 3 is 2.66 bits per heavy atom. The molecule has 1 unspecified atom stereocenters. The van der Waals surface area contributed by atoms with Gasteiger partial charge in [0.2, 0.25) is 11.8 Å². The molecular formula is C24H32N2O2S. The summed E-state index contributed by atoms with van der Waals surface area (Å²) in [4.78, 5) is 31.2. The van der Waals surface area contributed by atoms with E-state index in [2.05, 4.69) is 37.4 Å². The number of unbranched alkanes of at least 4 members (excludes halogenated alkanes) is 1. The molecule has 1 aromatic carbocycles. The minimum Gasteiger partial charge on any atom is -0.331 e. The molecule has 0 spiro atoms. The van der Waals surface area contributed by atoms with Gasteiger partial charge < -0.3 is 9.80 Å². The molecule has 156 valence electrons. The Bertz CT molecular complexity index is 858. The molecule has 0 aliphatic carbocycles. The minimum absolute atomic E-state index is 0.0155. The third kappa shape index (κ3) is 4.72. The molecule has 0 saturated carbocycles. The molecular weight excluding hydrogens is 380 g/mol.